The second-order valence-corrected chi connectivity index (χ2v) is 8.50. The SMILES string of the molecule is FC1(F)CCCCCNc2cccc(c2)SNc2nc(cs2)-c2ccccc21. The summed E-state index contributed by atoms with van der Waals surface area (Å²) < 4.78 is 33.1. The number of nitrogens with one attached hydrogen (secondary N) is 2. The third-order valence-corrected chi connectivity index (χ3v) is 6.36. The van der Waals surface area contributed by atoms with Gasteiger partial charge in [0.2, 0.25) is 0 Å². The highest BCUT2D eigenvalue weighted by Gasteiger charge is 2.33. The van der Waals surface area contributed by atoms with Gasteiger partial charge >= 0.3 is 0 Å². The molecule has 7 heteroatoms. The molecule has 2 aromatic carbocycles. The van der Waals surface area contributed by atoms with Gasteiger partial charge in [0.05, 0.1) is 5.69 Å². The van der Waals surface area contributed by atoms with Crippen molar-refractivity contribution in [3.05, 3.63) is 59.5 Å². The summed E-state index contributed by atoms with van der Waals surface area (Å²) in [5.41, 5.74) is 2.19. The van der Waals surface area contributed by atoms with Crippen LogP contribution in [0, 0.1) is 0 Å². The Kier molecular flexibility index (Phi) is 5.82. The van der Waals surface area contributed by atoms with Gasteiger partial charge in [-0.25, -0.2) is 13.8 Å². The van der Waals surface area contributed by atoms with Gasteiger partial charge < -0.3 is 10.0 Å². The largest absolute Gasteiger partial charge is 0.385 e. The van der Waals surface area contributed by atoms with Gasteiger partial charge in [-0.05, 0) is 43.0 Å². The van der Waals surface area contributed by atoms with Crippen LogP contribution in [0.15, 0.2) is 58.8 Å². The first-order chi connectivity index (χ1) is 13.6. The molecule has 146 valence electrons. The van der Waals surface area contributed by atoms with Gasteiger partial charge in [-0.2, -0.15) is 0 Å². The summed E-state index contributed by atoms with van der Waals surface area (Å²) in [5.74, 6) is -2.86. The summed E-state index contributed by atoms with van der Waals surface area (Å²) in [6.45, 7) is 0.777. The number of aromatic nitrogens is 1. The van der Waals surface area contributed by atoms with Gasteiger partial charge in [0.25, 0.3) is 5.92 Å². The number of nitrogens with zero attached hydrogens (tertiary/aromatic N) is 1. The zero-order valence-corrected chi connectivity index (χ0v) is 16.9. The second-order valence-electron chi connectivity index (χ2n) is 6.76. The van der Waals surface area contributed by atoms with Crippen molar-refractivity contribution < 1.29 is 8.78 Å². The van der Waals surface area contributed by atoms with Crippen LogP contribution in [-0.2, 0) is 5.92 Å². The van der Waals surface area contributed by atoms with Crippen LogP contribution in [0.5, 0.6) is 0 Å². The number of rotatable bonds is 0. The van der Waals surface area contributed by atoms with E-state index >= 15 is 0 Å². The molecule has 0 saturated heterocycles. The van der Waals surface area contributed by atoms with Crippen LogP contribution in [0.3, 0.4) is 0 Å². The van der Waals surface area contributed by atoms with E-state index in [-0.39, 0.29) is 12.0 Å². The van der Waals surface area contributed by atoms with Crippen molar-refractivity contribution in [1.29, 1.82) is 0 Å². The summed E-state index contributed by atoms with van der Waals surface area (Å²) in [6, 6.07) is 14.8. The molecule has 1 aromatic heterocycles. The zero-order chi connectivity index (χ0) is 19.4. The molecule has 4 rings (SSSR count). The Morgan fingerprint density at radius 3 is 2.82 bits per heavy atom. The summed E-state index contributed by atoms with van der Waals surface area (Å²) in [4.78, 5) is 5.61. The van der Waals surface area contributed by atoms with Crippen molar-refractivity contribution in [2.45, 2.75) is 36.5 Å². The van der Waals surface area contributed by atoms with Gasteiger partial charge in [0.1, 0.15) is 0 Å². The molecule has 0 atom stereocenters. The van der Waals surface area contributed by atoms with Crippen molar-refractivity contribution in [1.82, 2.24) is 4.98 Å². The van der Waals surface area contributed by atoms with E-state index in [2.05, 4.69) is 21.1 Å². The Labute approximate surface area is 171 Å². The molecule has 0 saturated carbocycles. The molecule has 3 aromatic rings. The van der Waals surface area contributed by atoms with Crippen molar-refractivity contribution in [3.63, 3.8) is 0 Å². The fourth-order valence-electron chi connectivity index (χ4n) is 3.26. The molecule has 4 bridgehead atoms. The number of fused-ring (bicyclic) bond motifs is 6. The van der Waals surface area contributed by atoms with Crippen LogP contribution in [0.1, 0.15) is 31.2 Å². The summed E-state index contributed by atoms with van der Waals surface area (Å²) in [7, 11) is 0. The van der Waals surface area contributed by atoms with E-state index in [1.165, 1.54) is 29.4 Å². The Morgan fingerprint density at radius 2 is 1.89 bits per heavy atom. The van der Waals surface area contributed by atoms with Crippen molar-refractivity contribution in [2.75, 3.05) is 16.6 Å². The minimum Gasteiger partial charge on any atom is -0.385 e. The normalized spacial score (nSPS) is 16.9. The average molecular weight is 418 g/mol. The molecule has 0 unspecified atom stereocenters. The molecule has 0 radical (unpaired) electrons. The van der Waals surface area contributed by atoms with Crippen LogP contribution in [-0.4, -0.2) is 11.5 Å². The number of thiazole rings is 1. The molecule has 0 spiro atoms. The number of halogens is 2. The first-order valence-electron chi connectivity index (χ1n) is 9.32. The van der Waals surface area contributed by atoms with E-state index in [0.717, 1.165) is 30.0 Å². The smallest absolute Gasteiger partial charge is 0.273 e. The monoisotopic (exact) mass is 417 g/mol. The molecular formula is C21H21F2N3S2. The fourth-order valence-corrected chi connectivity index (χ4v) is 4.71. The predicted octanol–water partition coefficient (Wildman–Crippen LogP) is 7.01. The zero-order valence-electron chi connectivity index (χ0n) is 15.3. The lowest BCUT2D eigenvalue weighted by Crippen LogP contribution is -2.15. The third-order valence-electron chi connectivity index (χ3n) is 4.69. The van der Waals surface area contributed by atoms with E-state index in [4.69, 9.17) is 0 Å². The van der Waals surface area contributed by atoms with E-state index in [9.17, 15) is 8.78 Å². The lowest BCUT2D eigenvalue weighted by molar-refractivity contribution is -0.0151. The Hall–Kier alpha value is -2.12. The maximum atomic E-state index is 14.9. The first kappa shape index (κ1) is 19.2. The molecule has 1 aliphatic heterocycles. The topological polar surface area (TPSA) is 37.0 Å². The Balaban J connectivity index is 1.65. The predicted molar refractivity (Wildman–Crippen MR) is 114 cm³/mol. The van der Waals surface area contributed by atoms with Crippen LogP contribution < -0.4 is 10.0 Å². The minimum absolute atomic E-state index is 0.0635. The summed E-state index contributed by atoms with van der Waals surface area (Å²) in [5, 5.41) is 5.90. The van der Waals surface area contributed by atoms with E-state index in [1.807, 2.05) is 23.6 Å². The lowest BCUT2D eigenvalue weighted by Gasteiger charge is -2.19. The molecule has 0 aliphatic carbocycles. The van der Waals surface area contributed by atoms with Crippen molar-refractivity contribution >= 4 is 34.1 Å². The quantitative estimate of drug-likeness (QED) is 0.386. The van der Waals surface area contributed by atoms with Crippen molar-refractivity contribution in [3.8, 4) is 11.3 Å². The maximum absolute atomic E-state index is 14.9. The van der Waals surface area contributed by atoms with Crippen LogP contribution in [0.25, 0.3) is 11.3 Å². The number of alkyl halides is 2. The number of anilines is 2. The second kappa shape index (κ2) is 8.49. The average Bonchev–Trinajstić information content (AvgIpc) is 3.18. The van der Waals surface area contributed by atoms with Gasteiger partial charge in [-0.15, -0.1) is 11.3 Å². The number of hydrogen-bond donors (Lipinski definition) is 2. The lowest BCUT2D eigenvalue weighted by atomic mass is 9.96. The van der Waals surface area contributed by atoms with Gasteiger partial charge in [0, 0.05) is 40.1 Å². The Bertz CT molecular complexity index is 943. The molecule has 0 amide bonds. The van der Waals surface area contributed by atoms with Gasteiger partial charge in [-0.3, -0.25) is 0 Å². The molecule has 2 heterocycles. The van der Waals surface area contributed by atoms with Crippen LogP contribution in [0.4, 0.5) is 19.6 Å². The van der Waals surface area contributed by atoms with Crippen LogP contribution in [0.2, 0.25) is 0 Å². The molecular weight excluding hydrogens is 396 g/mol. The summed E-state index contributed by atoms with van der Waals surface area (Å²) >= 11 is 2.89. The summed E-state index contributed by atoms with van der Waals surface area (Å²) in [6.07, 6.45) is 1.97. The maximum Gasteiger partial charge on any atom is 0.273 e. The highest BCUT2D eigenvalue weighted by molar-refractivity contribution is 8.00. The highest BCUT2D eigenvalue weighted by Crippen LogP contribution is 2.40. The number of hydrogen-bond acceptors (Lipinski definition) is 5. The Morgan fingerprint density at radius 1 is 1.00 bits per heavy atom. The number of benzene rings is 2. The molecule has 2 N–H and O–H groups in total. The fraction of sp³-hybridized carbons (Fsp3) is 0.286. The molecule has 28 heavy (non-hydrogen) atoms. The van der Waals surface area contributed by atoms with Crippen LogP contribution >= 0.6 is 23.3 Å². The van der Waals surface area contributed by atoms with E-state index in [0.29, 0.717) is 22.8 Å². The molecule has 0 fully saturated rings. The molecule has 3 nitrogen and oxygen atoms in total. The minimum atomic E-state index is -2.86. The molecule has 1 aliphatic rings. The van der Waals surface area contributed by atoms with E-state index < -0.39 is 5.92 Å². The van der Waals surface area contributed by atoms with Gasteiger partial charge in [0.15, 0.2) is 5.13 Å². The standard InChI is InChI=1S/C21H21F2N3S2/c22-21(23)11-4-1-5-12-24-15-7-6-8-16(13-15)28-26-20-25-19(14-27-20)17-9-2-3-10-18(17)21/h2-3,6-10,13-14,24H,1,4-5,11-12H2,(H,25,26). The first-order valence-corrected chi connectivity index (χ1v) is 11.0. The third kappa shape index (κ3) is 4.47. The van der Waals surface area contributed by atoms with Crippen molar-refractivity contribution in [2.24, 2.45) is 0 Å². The highest BCUT2D eigenvalue weighted by atomic mass is 32.2. The van der Waals surface area contributed by atoms with E-state index in [1.54, 1.807) is 18.2 Å². The van der Waals surface area contributed by atoms with Gasteiger partial charge in [-0.1, -0.05) is 36.8 Å².